The van der Waals surface area contributed by atoms with Crippen molar-refractivity contribution in [1.82, 2.24) is 24.1 Å². The highest BCUT2D eigenvalue weighted by Gasteiger charge is 2.69. The van der Waals surface area contributed by atoms with Gasteiger partial charge >= 0.3 is 0 Å². The van der Waals surface area contributed by atoms with Crippen LogP contribution in [0.25, 0.3) is 5.78 Å². The van der Waals surface area contributed by atoms with Gasteiger partial charge in [0.2, 0.25) is 17.1 Å². The fourth-order valence-electron chi connectivity index (χ4n) is 2.89. The second kappa shape index (κ2) is 3.74. The minimum absolute atomic E-state index is 0.126. The predicted octanol–water partition coefficient (Wildman–Crippen LogP) is -2.89. The van der Waals surface area contributed by atoms with E-state index in [1.807, 2.05) is 0 Å². The summed E-state index contributed by atoms with van der Waals surface area (Å²) in [5.41, 5.74) is -3.23. The van der Waals surface area contributed by atoms with Gasteiger partial charge in [0.05, 0.1) is 6.61 Å². The van der Waals surface area contributed by atoms with E-state index >= 15 is 0 Å². The zero-order chi connectivity index (χ0) is 14.8. The van der Waals surface area contributed by atoms with Crippen molar-refractivity contribution in [2.45, 2.75) is 23.5 Å². The molecule has 0 aromatic carbocycles. The number of fused-ring (bicyclic) bond motifs is 2. The molecule has 1 saturated heterocycles. The number of aromatic nitrogens is 5. The zero-order valence-corrected chi connectivity index (χ0v) is 10.7. The molecule has 110 valence electrons. The SMILES string of the molecule is N=c1ncnc2n([C@@]34C=C[C@@]3(O)[C@H](O)[C@@H](CO)O4)cnn12. The van der Waals surface area contributed by atoms with Crippen molar-refractivity contribution in [3.8, 4) is 0 Å². The number of aliphatic hydroxyl groups is 3. The quantitative estimate of drug-likeness (QED) is 0.435. The average Bonchev–Trinajstić information content (AvgIpc) is 2.96. The molecule has 0 radical (unpaired) electrons. The molecule has 0 unspecified atom stereocenters. The van der Waals surface area contributed by atoms with Crippen molar-refractivity contribution in [3.63, 3.8) is 0 Å². The molecule has 2 aromatic heterocycles. The van der Waals surface area contributed by atoms with Gasteiger partial charge in [-0.25, -0.2) is 4.98 Å². The van der Waals surface area contributed by atoms with Crippen molar-refractivity contribution in [1.29, 1.82) is 5.41 Å². The molecular weight excluding hydrogens is 280 g/mol. The van der Waals surface area contributed by atoms with E-state index < -0.39 is 30.1 Å². The predicted molar refractivity (Wildman–Crippen MR) is 64.7 cm³/mol. The first kappa shape index (κ1) is 12.6. The second-order valence-corrected chi connectivity index (χ2v) is 5.05. The Bertz CT molecular complexity index is 814. The van der Waals surface area contributed by atoms with Crippen LogP contribution in [-0.2, 0) is 10.5 Å². The summed E-state index contributed by atoms with van der Waals surface area (Å²) in [6.45, 7) is -0.439. The van der Waals surface area contributed by atoms with Crippen molar-refractivity contribution < 1.29 is 20.1 Å². The summed E-state index contributed by atoms with van der Waals surface area (Å²) >= 11 is 0. The summed E-state index contributed by atoms with van der Waals surface area (Å²) in [6.07, 6.45) is 3.27. The molecule has 1 aliphatic heterocycles. The molecule has 21 heavy (non-hydrogen) atoms. The molecule has 10 nitrogen and oxygen atoms in total. The van der Waals surface area contributed by atoms with Crippen LogP contribution >= 0.6 is 0 Å². The Morgan fingerprint density at radius 2 is 2.19 bits per heavy atom. The fraction of sp³-hybridized carbons (Fsp3) is 0.455. The number of hydrogen-bond donors (Lipinski definition) is 4. The van der Waals surface area contributed by atoms with Crippen molar-refractivity contribution in [3.05, 3.63) is 30.4 Å². The van der Waals surface area contributed by atoms with Crippen molar-refractivity contribution in [2.24, 2.45) is 0 Å². The van der Waals surface area contributed by atoms with Crippen LogP contribution in [0.5, 0.6) is 0 Å². The fourth-order valence-corrected chi connectivity index (χ4v) is 2.89. The smallest absolute Gasteiger partial charge is 0.247 e. The number of rotatable bonds is 2. The van der Waals surface area contributed by atoms with Crippen LogP contribution in [0.4, 0.5) is 0 Å². The van der Waals surface area contributed by atoms with Crippen LogP contribution < -0.4 is 5.62 Å². The summed E-state index contributed by atoms with van der Waals surface area (Å²) in [5, 5.41) is 41.7. The number of nitrogens with zero attached hydrogens (tertiary/aromatic N) is 5. The van der Waals surface area contributed by atoms with Crippen LogP contribution in [0.15, 0.2) is 24.8 Å². The first-order chi connectivity index (χ1) is 10.0. The van der Waals surface area contributed by atoms with E-state index in [-0.39, 0.29) is 11.4 Å². The van der Waals surface area contributed by atoms with Crippen LogP contribution in [0, 0.1) is 5.41 Å². The zero-order valence-electron chi connectivity index (χ0n) is 10.7. The van der Waals surface area contributed by atoms with Gasteiger partial charge in [-0.05, 0) is 12.2 Å². The second-order valence-electron chi connectivity index (χ2n) is 5.05. The Kier molecular flexibility index (Phi) is 2.24. The van der Waals surface area contributed by atoms with Crippen LogP contribution in [0.2, 0.25) is 0 Å². The highest BCUT2D eigenvalue weighted by atomic mass is 16.6. The van der Waals surface area contributed by atoms with E-state index in [4.69, 9.17) is 10.1 Å². The van der Waals surface area contributed by atoms with Gasteiger partial charge in [-0.15, -0.1) is 0 Å². The van der Waals surface area contributed by atoms with Crippen molar-refractivity contribution >= 4 is 5.78 Å². The summed E-state index contributed by atoms with van der Waals surface area (Å²) in [5.74, 6) is 0.226. The molecule has 0 spiro atoms. The first-order valence-electron chi connectivity index (χ1n) is 6.25. The third-order valence-corrected chi connectivity index (χ3v) is 4.05. The monoisotopic (exact) mass is 292 g/mol. The molecule has 2 aliphatic rings. The summed E-state index contributed by atoms with van der Waals surface area (Å²) in [6, 6.07) is 0. The molecule has 0 saturated carbocycles. The molecule has 4 rings (SSSR count). The highest BCUT2D eigenvalue weighted by molar-refractivity contribution is 5.40. The molecule has 1 fully saturated rings. The van der Waals surface area contributed by atoms with Gasteiger partial charge in [0.25, 0.3) is 0 Å². The average molecular weight is 292 g/mol. The van der Waals surface area contributed by atoms with E-state index in [9.17, 15) is 15.3 Å². The third-order valence-electron chi connectivity index (χ3n) is 4.05. The van der Waals surface area contributed by atoms with E-state index in [0.29, 0.717) is 0 Å². The Balaban J connectivity index is 1.95. The normalized spacial score (nSPS) is 37.7. The van der Waals surface area contributed by atoms with Gasteiger partial charge in [-0.3, -0.25) is 9.98 Å². The summed E-state index contributed by atoms with van der Waals surface area (Å²) in [7, 11) is 0. The molecule has 2 aromatic rings. The van der Waals surface area contributed by atoms with Gasteiger partial charge in [0.1, 0.15) is 24.9 Å². The molecule has 0 amide bonds. The summed E-state index contributed by atoms with van der Waals surface area (Å²) < 4.78 is 8.23. The Hall–Kier alpha value is -2.14. The van der Waals surface area contributed by atoms with E-state index in [2.05, 4.69) is 15.1 Å². The molecule has 3 heterocycles. The Morgan fingerprint density at radius 3 is 2.86 bits per heavy atom. The van der Waals surface area contributed by atoms with E-state index in [0.717, 1.165) is 0 Å². The van der Waals surface area contributed by atoms with Gasteiger partial charge in [-0.1, -0.05) is 0 Å². The lowest BCUT2D eigenvalue weighted by atomic mass is 9.76. The lowest BCUT2D eigenvalue weighted by Gasteiger charge is -2.44. The Morgan fingerprint density at radius 1 is 1.38 bits per heavy atom. The van der Waals surface area contributed by atoms with Gasteiger partial charge in [-0.2, -0.15) is 14.6 Å². The van der Waals surface area contributed by atoms with Gasteiger partial charge < -0.3 is 20.1 Å². The molecular formula is C11H12N6O4. The minimum atomic E-state index is -1.69. The van der Waals surface area contributed by atoms with E-state index in [1.54, 1.807) is 6.08 Å². The topological polar surface area (TPSA) is 142 Å². The first-order valence-corrected chi connectivity index (χ1v) is 6.25. The van der Waals surface area contributed by atoms with Crippen LogP contribution in [0.1, 0.15) is 0 Å². The molecule has 4 N–H and O–H groups in total. The standard InChI is InChI=1S/C11H12N6O4/c12-8-13-4-14-9-16(5-15-17(8)9)11-2-1-10(11,20)7(19)6(3-18)21-11/h1-2,4-7,12,18-20H,3H2/t6-,7-,10-,11-/m1/s1. The number of ether oxygens (including phenoxy) is 1. The lowest BCUT2D eigenvalue weighted by molar-refractivity contribution is -0.159. The molecule has 4 atom stereocenters. The third kappa shape index (κ3) is 1.25. The Labute approximate surface area is 117 Å². The lowest BCUT2D eigenvalue weighted by Crippen LogP contribution is -2.60. The summed E-state index contributed by atoms with van der Waals surface area (Å²) in [4.78, 5) is 7.73. The largest absolute Gasteiger partial charge is 0.394 e. The van der Waals surface area contributed by atoms with Gasteiger partial charge in [0, 0.05) is 0 Å². The molecule has 10 heteroatoms. The number of nitrogens with one attached hydrogen (secondary N) is 1. The highest BCUT2D eigenvalue weighted by Crippen LogP contribution is 2.52. The van der Waals surface area contributed by atoms with Crippen LogP contribution in [0.3, 0.4) is 0 Å². The van der Waals surface area contributed by atoms with Crippen molar-refractivity contribution in [2.75, 3.05) is 6.61 Å². The van der Waals surface area contributed by atoms with Crippen LogP contribution in [-0.4, -0.2) is 63.9 Å². The van der Waals surface area contributed by atoms with Gasteiger partial charge in [0.15, 0.2) is 5.60 Å². The molecule has 1 aliphatic carbocycles. The maximum absolute atomic E-state index is 10.6. The maximum atomic E-state index is 10.6. The number of aliphatic hydroxyl groups excluding tert-OH is 2. The minimum Gasteiger partial charge on any atom is -0.394 e. The maximum Gasteiger partial charge on any atom is 0.247 e. The number of hydrogen-bond acceptors (Lipinski definition) is 8. The van der Waals surface area contributed by atoms with E-state index in [1.165, 1.54) is 27.8 Å². The molecule has 0 bridgehead atoms.